The zero-order valence-corrected chi connectivity index (χ0v) is 15.8. The number of nitrogens with one attached hydrogen (secondary N) is 1. The number of aryl methyl sites for hydroxylation is 4. The molecular weight excluding hydrogens is 302 g/mol. The SMILES string of the molecule is CNC(C)Cc1cc(C)c(Oc2cc(C)c(S)c(C)c2)c(C)c1. The van der Waals surface area contributed by atoms with Crippen molar-refractivity contribution in [1.29, 1.82) is 0 Å². The molecule has 0 radical (unpaired) electrons. The lowest BCUT2D eigenvalue weighted by molar-refractivity contribution is 0.473. The van der Waals surface area contributed by atoms with E-state index in [1.165, 1.54) is 16.7 Å². The third-order valence-electron chi connectivity index (χ3n) is 4.24. The Morgan fingerprint density at radius 2 is 1.48 bits per heavy atom. The van der Waals surface area contributed by atoms with E-state index in [0.717, 1.165) is 33.9 Å². The van der Waals surface area contributed by atoms with E-state index in [0.29, 0.717) is 6.04 Å². The molecule has 2 aromatic carbocycles. The Morgan fingerprint density at radius 3 is 1.96 bits per heavy atom. The molecule has 1 atom stereocenters. The number of likely N-dealkylation sites (N-methyl/N-ethyl adjacent to an activating group) is 1. The maximum atomic E-state index is 6.19. The Bertz CT molecular complexity index is 663. The first-order chi connectivity index (χ1) is 10.8. The molecule has 0 spiro atoms. The van der Waals surface area contributed by atoms with E-state index in [4.69, 9.17) is 4.74 Å². The normalized spacial score (nSPS) is 12.3. The van der Waals surface area contributed by atoms with Crippen molar-refractivity contribution in [2.75, 3.05) is 7.05 Å². The first kappa shape index (κ1) is 17.9. The molecule has 0 saturated heterocycles. The van der Waals surface area contributed by atoms with Crippen LogP contribution in [-0.2, 0) is 6.42 Å². The molecule has 0 aliphatic carbocycles. The van der Waals surface area contributed by atoms with Crippen LogP contribution in [0.25, 0.3) is 0 Å². The summed E-state index contributed by atoms with van der Waals surface area (Å²) in [6, 6.07) is 9.01. The van der Waals surface area contributed by atoms with Gasteiger partial charge in [-0.1, -0.05) is 12.1 Å². The average Bonchev–Trinajstić information content (AvgIpc) is 2.48. The quantitative estimate of drug-likeness (QED) is 0.740. The van der Waals surface area contributed by atoms with Gasteiger partial charge in [-0.3, -0.25) is 0 Å². The van der Waals surface area contributed by atoms with Crippen molar-refractivity contribution in [2.24, 2.45) is 0 Å². The summed E-state index contributed by atoms with van der Waals surface area (Å²) in [5.41, 5.74) is 5.96. The van der Waals surface area contributed by atoms with Gasteiger partial charge in [-0.25, -0.2) is 0 Å². The number of hydrogen-bond donors (Lipinski definition) is 2. The zero-order chi connectivity index (χ0) is 17.1. The predicted octanol–water partition coefficient (Wildman–Crippen LogP) is 5.15. The maximum absolute atomic E-state index is 6.19. The van der Waals surface area contributed by atoms with Crippen molar-refractivity contribution >= 4 is 12.6 Å². The molecule has 2 rings (SSSR count). The summed E-state index contributed by atoms with van der Waals surface area (Å²) in [6.07, 6.45) is 1.02. The van der Waals surface area contributed by atoms with Crippen LogP contribution >= 0.6 is 12.6 Å². The summed E-state index contributed by atoms with van der Waals surface area (Å²) in [6.45, 7) is 10.5. The Hall–Kier alpha value is -1.45. The molecule has 124 valence electrons. The number of hydrogen-bond acceptors (Lipinski definition) is 3. The van der Waals surface area contributed by atoms with Crippen LogP contribution in [0.3, 0.4) is 0 Å². The van der Waals surface area contributed by atoms with Gasteiger partial charge in [0.2, 0.25) is 0 Å². The van der Waals surface area contributed by atoms with Crippen LogP contribution in [0.4, 0.5) is 0 Å². The lowest BCUT2D eigenvalue weighted by Gasteiger charge is -2.17. The van der Waals surface area contributed by atoms with Gasteiger partial charge < -0.3 is 10.1 Å². The topological polar surface area (TPSA) is 21.3 Å². The highest BCUT2D eigenvalue weighted by Gasteiger charge is 2.11. The molecule has 0 saturated carbocycles. The number of thiol groups is 1. The lowest BCUT2D eigenvalue weighted by Crippen LogP contribution is -2.23. The Kier molecular flexibility index (Phi) is 5.77. The summed E-state index contributed by atoms with van der Waals surface area (Å²) in [5, 5.41) is 3.29. The van der Waals surface area contributed by atoms with Gasteiger partial charge in [0, 0.05) is 10.9 Å². The highest BCUT2D eigenvalue weighted by molar-refractivity contribution is 7.80. The van der Waals surface area contributed by atoms with Crippen molar-refractivity contribution in [3.63, 3.8) is 0 Å². The van der Waals surface area contributed by atoms with E-state index in [1.54, 1.807) is 0 Å². The fourth-order valence-corrected chi connectivity index (χ4v) is 3.00. The fourth-order valence-electron chi connectivity index (χ4n) is 2.87. The van der Waals surface area contributed by atoms with Gasteiger partial charge in [-0.15, -0.1) is 12.6 Å². The first-order valence-electron chi connectivity index (χ1n) is 8.07. The van der Waals surface area contributed by atoms with Gasteiger partial charge in [0.1, 0.15) is 11.5 Å². The molecule has 0 aliphatic heterocycles. The van der Waals surface area contributed by atoms with Crippen LogP contribution in [0.1, 0.15) is 34.7 Å². The summed E-state index contributed by atoms with van der Waals surface area (Å²) in [5.74, 6) is 1.83. The Balaban J connectivity index is 2.30. The van der Waals surface area contributed by atoms with Gasteiger partial charge >= 0.3 is 0 Å². The van der Waals surface area contributed by atoms with Crippen LogP contribution in [0, 0.1) is 27.7 Å². The van der Waals surface area contributed by atoms with Gasteiger partial charge in [0.25, 0.3) is 0 Å². The van der Waals surface area contributed by atoms with Crippen molar-refractivity contribution in [3.05, 3.63) is 52.1 Å². The second-order valence-corrected chi connectivity index (χ2v) is 6.91. The molecule has 3 heteroatoms. The van der Waals surface area contributed by atoms with E-state index in [2.05, 4.69) is 64.7 Å². The Labute approximate surface area is 145 Å². The molecule has 1 unspecified atom stereocenters. The van der Waals surface area contributed by atoms with Gasteiger partial charge in [0.15, 0.2) is 0 Å². The van der Waals surface area contributed by atoms with Gasteiger partial charge in [-0.05, 0) is 88.0 Å². The fraction of sp³-hybridized carbons (Fsp3) is 0.400. The van der Waals surface area contributed by atoms with E-state index in [9.17, 15) is 0 Å². The molecule has 0 fully saturated rings. The van der Waals surface area contributed by atoms with E-state index >= 15 is 0 Å². The van der Waals surface area contributed by atoms with Crippen molar-refractivity contribution in [3.8, 4) is 11.5 Å². The van der Waals surface area contributed by atoms with Gasteiger partial charge in [0.05, 0.1) is 0 Å². The number of benzene rings is 2. The second-order valence-electron chi connectivity index (χ2n) is 6.46. The molecule has 0 aromatic heterocycles. The number of ether oxygens (including phenoxy) is 1. The minimum absolute atomic E-state index is 0.466. The highest BCUT2D eigenvalue weighted by Crippen LogP contribution is 2.33. The summed E-state index contributed by atoms with van der Waals surface area (Å²) >= 11 is 4.52. The van der Waals surface area contributed by atoms with E-state index in [-0.39, 0.29) is 0 Å². The minimum Gasteiger partial charge on any atom is -0.457 e. The van der Waals surface area contributed by atoms with Crippen LogP contribution in [-0.4, -0.2) is 13.1 Å². The standard InChI is InChI=1S/C20H27NOS/c1-12-7-17(11-16(5)21-6)8-13(2)19(12)22-18-9-14(3)20(23)15(4)10-18/h7-10,16,21,23H,11H2,1-6H3. The van der Waals surface area contributed by atoms with E-state index in [1.807, 2.05) is 19.2 Å². The third kappa shape index (κ3) is 4.30. The van der Waals surface area contributed by atoms with Crippen molar-refractivity contribution in [2.45, 2.75) is 52.0 Å². The molecule has 2 aromatic rings. The van der Waals surface area contributed by atoms with Crippen LogP contribution < -0.4 is 10.1 Å². The molecule has 0 aliphatic rings. The molecule has 23 heavy (non-hydrogen) atoms. The first-order valence-corrected chi connectivity index (χ1v) is 8.52. The van der Waals surface area contributed by atoms with Crippen LogP contribution in [0.15, 0.2) is 29.2 Å². The lowest BCUT2D eigenvalue weighted by atomic mass is 10.0. The highest BCUT2D eigenvalue weighted by atomic mass is 32.1. The molecule has 0 bridgehead atoms. The second kappa shape index (κ2) is 7.41. The summed E-state index contributed by atoms with van der Waals surface area (Å²) in [4.78, 5) is 1.03. The van der Waals surface area contributed by atoms with Crippen molar-refractivity contribution in [1.82, 2.24) is 5.32 Å². The van der Waals surface area contributed by atoms with Gasteiger partial charge in [-0.2, -0.15) is 0 Å². The number of rotatable bonds is 5. The summed E-state index contributed by atoms with van der Waals surface area (Å²) in [7, 11) is 2.00. The molecule has 0 amide bonds. The predicted molar refractivity (Wildman–Crippen MR) is 101 cm³/mol. The smallest absolute Gasteiger partial charge is 0.133 e. The molecule has 0 heterocycles. The van der Waals surface area contributed by atoms with Crippen LogP contribution in [0.2, 0.25) is 0 Å². The van der Waals surface area contributed by atoms with Crippen LogP contribution in [0.5, 0.6) is 11.5 Å². The zero-order valence-electron chi connectivity index (χ0n) is 14.9. The summed E-state index contributed by atoms with van der Waals surface area (Å²) < 4.78 is 6.19. The maximum Gasteiger partial charge on any atom is 0.133 e. The van der Waals surface area contributed by atoms with E-state index < -0.39 is 0 Å². The molecular formula is C20H27NOS. The third-order valence-corrected chi connectivity index (χ3v) is 4.94. The largest absolute Gasteiger partial charge is 0.457 e. The van der Waals surface area contributed by atoms with Crippen molar-refractivity contribution < 1.29 is 4.74 Å². The molecule has 1 N–H and O–H groups in total. The monoisotopic (exact) mass is 329 g/mol. The minimum atomic E-state index is 0.466. The Morgan fingerprint density at radius 1 is 0.957 bits per heavy atom. The molecule has 2 nitrogen and oxygen atoms in total. The average molecular weight is 330 g/mol.